The standard InChI is InChI=1S/C11H23N2O5P/c1-6-7-9(10(14)17-4)13-19(16,18-5)11(15)12-8(2)3/h8-9H,6-7H2,1-5H3,(H,12,15)(H,13,16)/t9-,19+/m0/s1. The van der Waals surface area contributed by atoms with Gasteiger partial charge < -0.3 is 14.6 Å². The van der Waals surface area contributed by atoms with Crippen LogP contribution in [0.3, 0.4) is 0 Å². The molecule has 8 heteroatoms. The van der Waals surface area contributed by atoms with Gasteiger partial charge in [0.2, 0.25) is 0 Å². The molecule has 0 aliphatic carbocycles. The van der Waals surface area contributed by atoms with Gasteiger partial charge in [0, 0.05) is 13.2 Å². The van der Waals surface area contributed by atoms with E-state index in [1.54, 1.807) is 13.8 Å². The van der Waals surface area contributed by atoms with Crippen molar-refractivity contribution in [2.24, 2.45) is 0 Å². The van der Waals surface area contributed by atoms with E-state index in [-0.39, 0.29) is 6.04 Å². The SMILES string of the molecule is CCC[C@H](N[P@](=O)(OC)C(=O)NC(C)C)C(=O)OC. The summed E-state index contributed by atoms with van der Waals surface area (Å²) in [4.78, 5) is 23.4. The summed E-state index contributed by atoms with van der Waals surface area (Å²) in [5, 5.41) is 4.98. The molecule has 0 saturated carbocycles. The molecule has 2 N–H and O–H groups in total. The second-order valence-corrected chi connectivity index (χ2v) is 6.46. The van der Waals surface area contributed by atoms with E-state index in [0.29, 0.717) is 12.8 Å². The number of esters is 1. The van der Waals surface area contributed by atoms with E-state index in [9.17, 15) is 14.2 Å². The van der Waals surface area contributed by atoms with Crippen LogP contribution in [0, 0.1) is 0 Å². The van der Waals surface area contributed by atoms with Crippen molar-refractivity contribution in [3.63, 3.8) is 0 Å². The summed E-state index contributed by atoms with van der Waals surface area (Å²) in [6.07, 6.45) is 1.07. The molecule has 2 atom stereocenters. The Morgan fingerprint density at radius 3 is 2.21 bits per heavy atom. The molecule has 0 heterocycles. The molecule has 0 bridgehead atoms. The molecule has 0 aromatic rings. The fourth-order valence-corrected chi connectivity index (χ4v) is 2.86. The van der Waals surface area contributed by atoms with Crippen LogP contribution in [0.1, 0.15) is 33.6 Å². The molecule has 0 radical (unpaired) electrons. The highest BCUT2D eigenvalue weighted by Crippen LogP contribution is 2.43. The van der Waals surface area contributed by atoms with Gasteiger partial charge >= 0.3 is 19.1 Å². The fourth-order valence-electron chi connectivity index (χ4n) is 1.40. The van der Waals surface area contributed by atoms with Gasteiger partial charge in [0.05, 0.1) is 7.11 Å². The molecule has 0 unspecified atom stereocenters. The molecular formula is C11H23N2O5P. The summed E-state index contributed by atoms with van der Waals surface area (Å²) in [6, 6.07) is -1.01. The smallest absolute Gasteiger partial charge is 0.356 e. The number of carbonyl (C=O) groups excluding carboxylic acids is 2. The third-order valence-electron chi connectivity index (χ3n) is 2.33. The van der Waals surface area contributed by atoms with E-state index in [0.717, 1.165) is 7.11 Å². The second-order valence-electron chi connectivity index (χ2n) is 4.33. The number of hydrogen-bond donors (Lipinski definition) is 2. The van der Waals surface area contributed by atoms with Gasteiger partial charge in [0.15, 0.2) is 0 Å². The zero-order valence-corrected chi connectivity index (χ0v) is 13.0. The Hall–Kier alpha value is -0.910. The summed E-state index contributed by atoms with van der Waals surface area (Å²) in [5.74, 6) is -0.573. The largest absolute Gasteiger partial charge is 0.468 e. The lowest BCUT2D eigenvalue weighted by Gasteiger charge is -2.22. The fraction of sp³-hybridized carbons (Fsp3) is 0.818. The molecular weight excluding hydrogens is 271 g/mol. The zero-order chi connectivity index (χ0) is 15.1. The Bertz CT molecular complexity index is 359. The number of carbonyl (C=O) groups is 2. The Labute approximate surface area is 113 Å². The van der Waals surface area contributed by atoms with E-state index in [1.807, 2.05) is 6.92 Å². The monoisotopic (exact) mass is 294 g/mol. The average Bonchev–Trinajstić information content (AvgIpc) is 2.36. The predicted octanol–water partition coefficient (Wildman–Crippen LogP) is 1.88. The van der Waals surface area contributed by atoms with Crippen LogP contribution in [-0.4, -0.2) is 37.9 Å². The number of hydrogen-bond acceptors (Lipinski definition) is 5. The third-order valence-corrected chi connectivity index (χ3v) is 4.16. The van der Waals surface area contributed by atoms with Crippen LogP contribution in [0.2, 0.25) is 0 Å². The first-order valence-electron chi connectivity index (χ1n) is 6.13. The minimum atomic E-state index is -3.80. The molecule has 7 nitrogen and oxygen atoms in total. The maximum absolute atomic E-state index is 12.4. The van der Waals surface area contributed by atoms with Gasteiger partial charge in [0.1, 0.15) is 6.04 Å². The minimum absolute atomic E-state index is 0.180. The van der Waals surface area contributed by atoms with E-state index < -0.39 is 25.2 Å². The van der Waals surface area contributed by atoms with Crippen LogP contribution in [0.25, 0.3) is 0 Å². The summed E-state index contributed by atoms with van der Waals surface area (Å²) in [7, 11) is -1.40. The van der Waals surface area contributed by atoms with Crippen molar-refractivity contribution < 1.29 is 23.4 Å². The Morgan fingerprint density at radius 1 is 1.26 bits per heavy atom. The van der Waals surface area contributed by atoms with Gasteiger partial charge in [-0.1, -0.05) is 13.3 Å². The molecule has 112 valence electrons. The van der Waals surface area contributed by atoms with E-state index in [4.69, 9.17) is 4.52 Å². The van der Waals surface area contributed by atoms with Gasteiger partial charge in [-0.05, 0) is 20.3 Å². The molecule has 0 aromatic heterocycles. The van der Waals surface area contributed by atoms with Gasteiger partial charge in [-0.15, -0.1) is 0 Å². The maximum atomic E-state index is 12.4. The summed E-state index contributed by atoms with van der Waals surface area (Å²) < 4.78 is 21.8. The van der Waals surface area contributed by atoms with Crippen molar-refractivity contribution in [1.29, 1.82) is 0 Å². The van der Waals surface area contributed by atoms with Crippen LogP contribution >= 0.6 is 7.52 Å². The normalized spacial score (nSPS) is 15.7. The Balaban J connectivity index is 4.96. The minimum Gasteiger partial charge on any atom is -0.468 e. The van der Waals surface area contributed by atoms with Crippen molar-refractivity contribution >= 4 is 19.1 Å². The number of methoxy groups -OCH3 is 1. The van der Waals surface area contributed by atoms with Crippen molar-refractivity contribution in [3.8, 4) is 0 Å². The number of rotatable bonds is 8. The van der Waals surface area contributed by atoms with E-state index in [1.165, 1.54) is 7.11 Å². The lowest BCUT2D eigenvalue weighted by Crippen LogP contribution is -2.40. The lowest BCUT2D eigenvalue weighted by molar-refractivity contribution is -0.142. The molecule has 1 amide bonds. The van der Waals surface area contributed by atoms with Gasteiger partial charge in [0.25, 0.3) is 0 Å². The van der Waals surface area contributed by atoms with Crippen LogP contribution in [0.4, 0.5) is 4.79 Å². The molecule has 0 fully saturated rings. The van der Waals surface area contributed by atoms with Gasteiger partial charge in [-0.2, -0.15) is 0 Å². The lowest BCUT2D eigenvalue weighted by atomic mass is 10.2. The number of ether oxygens (including phenoxy) is 1. The first-order valence-corrected chi connectivity index (χ1v) is 7.75. The Morgan fingerprint density at radius 2 is 1.84 bits per heavy atom. The van der Waals surface area contributed by atoms with Crippen molar-refractivity contribution in [2.45, 2.75) is 45.7 Å². The first-order chi connectivity index (χ1) is 8.80. The molecule has 0 spiro atoms. The van der Waals surface area contributed by atoms with E-state index >= 15 is 0 Å². The topological polar surface area (TPSA) is 93.7 Å². The molecule has 0 rings (SSSR count). The molecule has 0 aromatic carbocycles. The van der Waals surface area contributed by atoms with E-state index in [2.05, 4.69) is 15.1 Å². The number of amides is 1. The van der Waals surface area contributed by atoms with Gasteiger partial charge in [-0.25, -0.2) is 5.09 Å². The second kappa shape index (κ2) is 8.30. The summed E-state index contributed by atoms with van der Waals surface area (Å²) in [6.45, 7) is 5.34. The highest BCUT2D eigenvalue weighted by Gasteiger charge is 2.37. The van der Waals surface area contributed by atoms with Crippen LogP contribution in [-0.2, 0) is 18.6 Å². The van der Waals surface area contributed by atoms with Crippen molar-refractivity contribution in [3.05, 3.63) is 0 Å². The zero-order valence-electron chi connectivity index (χ0n) is 12.1. The van der Waals surface area contributed by atoms with Crippen molar-refractivity contribution in [1.82, 2.24) is 10.4 Å². The number of nitrogens with one attached hydrogen (secondary N) is 2. The third kappa shape index (κ3) is 5.72. The van der Waals surface area contributed by atoms with Crippen LogP contribution in [0.15, 0.2) is 0 Å². The summed E-state index contributed by atoms with van der Waals surface area (Å²) >= 11 is 0. The van der Waals surface area contributed by atoms with Gasteiger partial charge in [-0.3, -0.25) is 14.2 Å². The average molecular weight is 294 g/mol. The molecule has 19 heavy (non-hydrogen) atoms. The van der Waals surface area contributed by atoms with Crippen molar-refractivity contribution in [2.75, 3.05) is 14.2 Å². The Kier molecular flexibility index (Phi) is 7.90. The molecule has 0 saturated heterocycles. The van der Waals surface area contributed by atoms with Crippen LogP contribution < -0.4 is 10.4 Å². The molecule has 0 aliphatic rings. The molecule has 0 aliphatic heterocycles. The highest BCUT2D eigenvalue weighted by molar-refractivity contribution is 7.74. The highest BCUT2D eigenvalue weighted by atomic mass is 31.2. The maximum Gasteiger partial charge on any atom is 0.356 e. The summed E-state index contributed by atoms with van der Waals surface area (Å²) in [5.41, 5.74) is -0.755. The quantitative estimate of drug-likeness (QED) is 0.524. The van der Waals surface area contributed by atoms with Crippen LogP contribution in [0.5, 0.6) is 0 Å². The first kappa shape index (κ1) is 18.1. The predicted molar refractivity (Wildman–Crippen MR) is 72.1 cm³/mol.